The van der Waals surface area contributed by atoms with E-state index < -0.39 is 0 Å². The molecular formula is C35H40N8O4. The van der Waals surface area contributed by atoms with Gasteiger partial charge in [-0.25, -0.2) is 14.5 Å². The van der Waals surface area contributed by atoms with Crippen LogP contribution in [0.25, 0.3) is 16.6 Å². The van der Waals surface area contributed by atoms with Gasteiger partial charge in [0.05, 0.1) is 43.8 Å². The van der Waals surface area contributed by atoms with E-state index in [1.54, 1.807) is 17.8 Å². The SMILES string of the molecule is COc1ccc(CN2CCC3(C2)CN(c2ccc(-c4cc(OCCN5CCC6(CC5)OCCO6)cn5ncc(C#N)c45)cn2)C3)cn1. The zero-order valence-electron chi connectivity index (χ0n) is 26.8. The average molecular weight is 637 g/mol. The Morgan fingerprint density at radius 3 is 2.49 bits per heavy atom. The molecular weight excluding hydrogens is 596 g/mol. The fourth-order valence-corrected chi connectivity index (χ4v) is 7.64. The number of hydrogen-bond donors (Lipinski definition) is 0. The van der Waals surface area contributed by atoms with E-state index in [2.05, 4.69) is 49.1 Å². The molecule has 0 aliphatic carbocycles. The number of nitriles is 1. The van der Waals surface area contributed by atoms with Crippen LogP contribution in [-0.2, 0) is 16.0 Å². The summed E-state index contributed by atoms with van der Waals surface area (Å²) >= 11 is 0. The van der Waals surface area contributed by atoms with Gasteiger partial charge in [0, 0.05) is 93.7 Å². The molecule has 0 amide bonds. The van der Waals surface area contributed by atoms with Gasteiger partial charge in [0.15, 0.2) is 5.79 Å². The minimum absolute atomic E-state index is 0.311. The Balaban J connectivity index is 0.903. The van der Waals surface area contributed by atoms with Crippen molar-refractivity contribution in [3.05, 3.63) is 66.2 Å². The van der Waals surface area contributed by atoms with Crippen LogP contribution in [0.5, 0.6) is 11.6 Å². The standard InChI is InChI=1S/C35H40N8O4/c1-44-32-5-2-26(18-38-32)21-41-9-6-34(23-41)24-42(25-34)31-4-3-27(19-37-31)30-16-29(22-43-33(30)28(17-36)20-39-43)45-13-12-40-10-7-35(8-11-40)46-14-15-47-35/h2-5,16,18-20,22H,6-15,21,23-25H2,1H3. The lowest BCUT2D eigenvalue weighted by Gasteiger charge is -2.49. The normalized spacial score (nSPS) is 20.6. The van der Waals surface area contributed by atoms with Crippen LogP contribution in [0.2, 0.25) is 0 Å². The highest BCUT2D eigenvalue weighted by atomic mass is 16.7. The molecule has 4 aliphatic heterocycles. The molecule has 0 radical (unpaired) electrons. The maximum absolute atomic E-state index is 9.82. The second kappa shape index (κ2) is 12.4. The second-order valence-electron chi connectivity index (χ2n) is 13.3. The van der Waals surface area contributed by atoms with E-state index in [1.165, 1.54) is 12.0 Å². The predicted molar refractivity (Wildman–Crippen MR) is 174 cm³/mol. The third-order valence-electron chi connectivity index (χ3n) is 10.2. The highest BCUT2D eigenvalue weighted by molar-refractivity contribution is 5.85. The molecule has 2 spiro atoms. The van der Waals surface area contributed by atoms with E-state index in [1.807, 2.05) is 30.7 Å². The van der Waals surface area contributed by atoms with Crippen LogP contribution in [0.15, 0.2) is 55.1 Å². The van der Waals surface area contributed by atoms with Crippen molar-refractivity contribution < 1.29 is 18.9 Å². The highest BCUT2D eigenvalue weighted by Crippen LogP contribution is 2.42. The van der Waals surface area contributed by atoms with Crippen molar-refractivity contribution in [1.29, 1.82) is 5.26 Å². The quantitative estimate of drug-likeness (QED) is 0.269. The fourth-order valence-electron chi connectivity index (χ4n) is 7.64. The van der Waals surface area contributed by atoms with E-state index in [9.17, 15) is 5.26 Å². The first-order chi connectivity index (χ1) is 23.0. The first-order valence-corrected chi connectivity index (χ1v) is 16.5. The van der Waals surface area contributed by atoms with Crippen LogP contribution in [0.4, 0.5) is 5.82 Å². The molecule has 12 heteroatoms. The molecule has 0 aromatic carbocycles. The molecule has 8 rings (SSSR count). The van der Waals surface area contributed by atoms with Crippen molar-refractivity contribution in [3.8, 4) is 28.8 Å². The molecule has 0 bridgehead atoms. The summed E-state index contributed by atoms with van der Waals surface area (Å²) in [4.78, 5) is 16.5. The van der Waals surface area contributed by atoms with Crippen LogP contribution in [0, 0.1) is 16.7 Å². The summed E-state index contributed by atoms with van der Waals surface area (Å²) in [6.45, 7) is 9.69. The third-order valence-corrected chi connectivity index (χ3v) is 10.2. The van der Waals surface area contributed by atoms with Gasteiger partial charge < -0.3 is 23.8 Å². The van der Waals surface area contributed by atoms with Crippen molar-refractivity contribution in [1.82, 2.24) is 29.4 Å². The molecule has 0 unspecified atom stereocenters. The summed E-state index contributed by atoms with van der Waals surface area (Å²) in [6, 6.07) is 12.5. The van der Waals surface area contributed by atoms with Crippen LogP contribution < -0.4 is 14.4 Å². The minimum Gasteiger partial charge on any atom is -0.491 e. The number of methoxy groups -OCH3 is 1. The lowest BCUT2D eigenvalue weighted by atomic mass is 9.79. The van der Waals surface area contributed by atoms with E-state index in [0.717, 1.165) is 87.7 Å². The topological polar surface area (TPSA) is 114 Å². The average Bonchev–Trinajstić information content (AvgIpc) is 3.84. The zero-order valence-corrected chi connectivity index (χ0v) is 26.8. The number of hydrogen-bond acceptors (Lipinski definition) is 11. The van der Waals surface area contributed by atoms with Gasteiger partial charge in [-0.3, -0.25) is 9.80 Å². The third kappa shape index (κ3) is 6.00. The Morgan fingerprint density at radius 2 is 1.77 bits per heavy atom. The number of anilines is 1. The number of nitrogens with zero attached hydrogens (tertiary/aromatic N) is 8. The van der Waals surface area contributed by atoms with Crippen LogP contribution >= 0.6 is 0 Å². The molecule has 244 valence electrons. The van der Waals surface area contributed by atoms with E-state index in [4.69, 9.17) is 23.9 Å². The molecule has 47 heavy (non-hydrogen) atoms. The molecule has 12 nitrogen and oxygen atoms in total. The predicted octanol–water partition coefficient (Wildman–Crippen LogP) is 3.60. The van der Waals surface area contributed by atoms with Gasteiger partial charge in [-0.05, 0) is 36.7 Å². The largest absolute Gasteiger partial charge is 0.491 e. The number of rotatable bonds is 9. The monoisotopic (exact) mass is 636 g/mol. The van der Waals surface area contributed by atoms with Crippen molar-refractivity contribution in [2.45, 2.75) is 31.6 Å². The lowest BCUT2D eigenvalue weighted by Crippen LogP contribution is -2.58. The Hall–Kier alpha value is -4.28. The molecule has 4 aromatic rings. The highest BCUT2D eigenvalue weighted by Gasteiger charge is 2.48. The Kier molecular flexibility index (Phi) is 7.93. The van der Waals surface area contributed by atoms with Gasteiger partial charge in [-0.15, -0.1) is 0 Å². The first-order valence-electron chi connectivity index (χ1n) is 16.5. The zero-order chi connectivity index (χ0) is 31.8. The summed E-state index contributed by atoms with van der Waals surface area (Å²) in [5.41, 5.74) is 4.61. The van der Waals surface area contributed by atoms with Crippen LogP contribution in [0.1, 0.15) is 30.4 Å². The number of piperidine rings is 1. The summed E-state index contributed by atoms with van der Waals surface area (Å²) < 4.78 is 24.9. The number of fused-ring (bicyclic) bond motifs is 1. The summed E-state index contributed by atoms with van der Waals surface area (Å²) in [6.07, 6.45) is 10.2. The molecule has 4 saturated heterocycles. The smallest absolute Gasteiger partial charge is 0.212 e. The Morgan fingerprint density at radius 1 is 0.936 bits per heavy atom. The molecule has 8 heterocycles. The molecule has 0 atom stereocenters. The van der Waals surface area contributed by atoms with Crippen molar-refractivity contribution in [2.75, 3.05) is 77.6 Å². The molecule has 0 saturated carbocycles. The van der Waals surface area contributed by atoms with Crippen LogP contribution in [0.3, 0.4) is 0 Å². The summed E-state index contributed by atoms with van der Waals surface area (Å²) in [7, 11) is 1.64. The van der Waals surface area contributed by atoms with Crippen molar-refractivity contribution in [3.63, 3.8) is 0 Å². The fraction of sp³-hybridized carbons (Fsp3) is 0.486. The molecule has 4 aliphatic rings. The van der Waals surface area contributed by atoms with E-state index >= 15 is 0 Å². The van der Waals surface area contributed by atoms with Gasteiger partial charge in [0.1, 0.15) is 24.2 Å². The first kappa shape index (κ1) is 30.1. The second-order valence-corrected chi connectivity index (χ2v) is 13.3. The molecule has 4 aromatic heterocycles. The van der Waals surface area contributed by atoms with Crippen molar-refractivity contribution >= 4 is 11.3 Å². The maximum atomic E-state index is 9.82. The van der Waals surface area contributed by atoms with E-state index in [-0.39, 0.29) is 5.79 Å². The molecule has 0 N–H and O–H groups in total. The Bertz CT molecular complexity index is 1750. The lowest BCUT2D eigenvalue weighted by molar-refractivity contribution is -0.185. The summed E-state index contributed by atoms with van der Waals surface area (Å²) in [5, 5.41) is 14.3. The van der Waals surface area contributed by atoms with Gasteiger partial charge >= 0.3 is 0 Å². The van der Waals surface area contributed by atoms with Crippen molar-refractivity contribution in [2.24, 2.45) is 5.41 Å². The summed E-state index contributed by atoms with van der Waals surface area (Å²) in [5.74, 6) is 1.96. The Labute approximate surface area is 274 Å². The number of likely N-dealkylation sites (tertiary alicyclic amines) is 2. The number of pyridine rings is 3. The molecule has 4 fully saturated rings. The van der Waals surface area contributed by atoms with Gasteiger partial charge in [-0.1, -0.05) is 6.07 Å². The maximum Gasteiger partial charge on any atom is 0.212 e. The van der Waals surface area contributed by atoms with Crippen LogP contribution in [-0.4, -0.2) is 108 Å². The number of aromatic nitrogens is 4. The van der Waals surface area contributed by atoms with Gasteiger partial charge in [0.2, 0.25) is 5.88 Å². The van der Waals surface area contributed by atoms with Gasteiger partial charge in [-0.2, -0.15) is 10.4 Å². The number of ether oxygens (including phenoxy) is 4. The minimum atomic E-state index is -0.370. The van der Waals surface area contributed by atoms with Gasteiger partial charge in [0.25, 0.3) is 0 Å². The van der Waals surface area contributed by atoms with E-state index in [0.29, 0.717) is 42.4 Å².